The molecule has 118 valence electrons. The molecule has 4 N–H and O–H groups in total. The van der Waals surface area contributed by atoms with Crippen LogP contribution in [0.2, 0.25) is 0 Å². The number of rotatable bonds is 6. The molecule has 0 saturated carbocycles. The van der Waals surface area contributed by atoms with E-state index in [4.69, 9.17) is 25.4 Å². The van der Waals surface area contributed by atoms with Crippen LogP contribution in [-0.2, 0) is 16.0 Å². The summed E-state index contributed by atoms with van der Waals surface area (Å²) in [5, 5.41) is 17.9. The molecule has 21 heavy (non-hydrogen) atoms. The van der Waals surface area contributed by atoms with Crippen LogP contribution in [0.25, 0.3) is 0 Å². The first-order valence-corrected chi connectivity index (χ1v) is 6.72. The van der Waals surface area contributed by atoms with Crippen molar-refractivity contribution in [3.05, 3.63) is 29.8 Å². The number of hydrogen-bond acceptors (Lipinski definition) is 6. The molecule has 0 unspecified atom stereocenters. The van der Waals surface area contributed by atoms with Crippen molar-refractivity contribution >= 4 is 5.97 Å². The maximum atomic E-state index is 11.5. The van der Waals surface area contributed by atoms with Crippen LogP contribution in [0.15, 0.2) is 24.3 Å². The number of esters is 1. The van der Waals surface area contributed by atoms with Crippen molar-refractivity contribution in [2.24, 2.45) is 5.73 Å². The predicted molar refractivity (Wildman–Crippen MR) is 77.7 cm³/mol. The fourth-order valence-electron chi connectivity index (χ4n) is 1.61. The van der Waals surface area contributed by atoms with Crippen molar-refractivity contribution in [2.45, 2.75) is 45.1 Å². The van der Waals surface area contributed by atoms with Gasteiger partial charge in [0.2, 0.25) is 0 Å². The molecule has 0 heterocycles. The third-order valence-electron chi connectivity index (χ3n) is 2.55. The van der Waals surface area contributed by atoms with Gasteiger partial charge < -0.3 is 25.4 Å². The Bertz CT molecular complexity index is 450. The molecular weight excluding hydrogens is 274 g/mol. The molecule has 6 nitrogen and oxygen atoms in total. The van der Waals surface area contributed by atoms with E-state index in [9.17, 15) is 4.79 Å². The monoisotopic (exact) mass is 297 g/mol. The van der Waals surface area contributed by atoms with Crippen molar-refractivity contribution in [3.63, 3.8) is 0 Å². The third kappa shape index (κ3) is 7.08. The third-order valence-corrected chi connectivity index (χ3v) is 2.55. The van der Waals surface area contributed by atoms with Gasteiger partial charge in [-0.05, 0) is 44.9 Å². The van der Waals surface area contributed by atoms with Gasteiger partial charge in [0.05, 0.1) is 6.04 Å². The molecule has 0 bridgehead atoms. The molecule has 0 aliphatic carbocycles. The van der Waals surface area contributed by atoms with Crippen molar-refractivity contribution in [2.75, 3.05) is 6.61 Å². The van der Waals surface area contributed by atoms with Crippen molar-refractivity contribution in [1.29, 1.82) is 0 Å². The number of carbonyl (C=O) groups is 1. The Hall–Kier alpha value is -1.63. The number of aliphatic hydroxyl groups is 2. The molecule has 0 radical (unpaired) electrons. The minimum Gasteiger partial charge on any atom is -0.482 e. The van der Waals surface area contributed by atoms with Gasteiger partial charge in [-0.1, -0.05) is 12.1 Å². The second-order valence-corrected chi connectivity index (χ2v) is 5.80. The summed E-state index contributed by atoms with van der Waals surface area (Å²) in [6, 6.07) is 6.16. The number of hydrogen-bond donors (Lipinski definition) is 3. The zero-order valence-corrected chi connectivity index (χ0v) is 12.6. The molecular formula is C15H23NO5. The Morgan fingerprint density at radius 2 is 1.81 bits per heavy atom. The molecule has 0 spiro atoms. The Kier molecular flexibility index (Phi) is 6.14. The fourth-order valence-corrected chi connectivity index (χ4v) is 1.61. The molecule has 1 rings (SSSR count). The second-order valence-electron chi connectivity index (χ2n) is 5.80. The Morgan fingerprint density at radius 1 is 1.24 bits per heavy atom. The number of carbonyl (C=O) groups excluding carboxylic acids is 1. The lowest BCUT2D eigenvalue weighted by molar-refractivity contribution is -0.157. The highest BCUT2D eigenvalue weighted by Gasteiger charge is 2.16. The van der Waals surface area contributed by atoms with Gasteiger partial charge >= 0.3 is 5.97 Å². The average molecular weight is 297 g/mol. The minimum absolute atomic E-state index is 0.161. The summed E-state index contributed by atoms with van der Waals surface area (Å²) >= 11 is 0. The lowest BCUT2D eigenvalue weighted by Gasteiger charge is -2.19. The molecule has 0 aliphatic heterocycles. The zero-order valence-electron chi connectivity index (χ0n) is 12.6. The zero-order chi connectivity index (χ0) is 16.0. The van der Waals surface area contributed by atoms with E-state index in [0.29, 0.717) is 12.2 Å². The minimum atomic E-state index is -1.55. The van der Waals surface area contributed by atoms with Gasteiger partial charge in [-0.2, -0.15) is 0 Å². The maximum absolute atomic E-state index is 11.5. The lowest BCUT2D eigenvalue weighted by atomic mass is 10.1. The highest BCUT2D eigenvalue weighted by molar-refractivity contribution is 5.71. The van der Waals surface area contributed by atoms with Gasteiger partial charge in [0.1, 0.15) is 11.4 Å². The largest absolute Gasteiger partial charge is 0.482 e. The Balaban J connectivity index is 2.46. The summed E-state index contributed by atoms with van der Waals surface area (Å²) in [7, 11) is 0. The van der Waals surface area contributed by atoms with Crippen LogP contribution in [0.5, 0.6) is 5.75 Å². The lowest BCUT2D eigenvalue weighted by Crippen LogP contribution is -2.36. The van der Waals surface area contributed by atoms with Crippen molar-refractivity contribution < 1.29 is 24.5 Å². The van der Waals surface area contributed by atoms with E-state index in [1.165, 1.54) is 0 Å². The summed E-state index contributed by atoms with van der Waals surface area (Å²) in [6.07, 6.45) is -1.21. The van der Waals surface area contributed by atoms with Crippen LogP contribution in [0.1, 0.15) is 26.3 Å². The molecule has 0 saturated heterocycles. The van der Waals surface area contributed by atoms with E-state index in [1.807, 2.05) is 0 Å². The Morgan fingerprint density at radius 3 is 2.29 bits per heavy atom. The van der Waals surface area contributed by atoms with Gasteiger partial charge in [0.25, 0.3) is 0 Å². The van der Waals surface area contributed by atoms with Gasteiger partial charge in [-0.25, -0.2) is 4.79 Å². The molecule has 6 heteroatoms. The first-order chi connectivity index (χ1) is 9.67. The second kappa shape index (κ2) is 7.40. The number of benzene rings is 1. The van der Waals surface area contributed by atoms with Gasteiger partial charge in [0, 0.05) is 0 Å². The molecule has 0 amide bonds. The van der Waals surface area contributed by atoms with E-state index in [1.54, 1.807) is 45.0 Å². The predicted octanol–water partition coefficient (Wildman–Crippen LogP) is 0.588. The molecule has 0 fully saturated rings. The van der Waals surface area contributed by atoms with Crippen LogP contribution < -0.4 is 10.5 Å². The molecule has 1 atom stereocenters. The molecule has 1 aromatic rings. The standard InChI is InChI=1S/C15H23NO5/c1-15(2,3)21-13(17)9-20-11-6-4-10(5-7-11)8-12(16)14(18)19/h4-7,12,14,18-19H,8-9,16H2,1-3H3/t12-/m0/s1. The topological polar surface area (TPSA) is 102 Å². The van der Waals surface area contributed by atoms with Crippen LogP contribution in [-0.4, -0.2) is 40.7 Å². The molecule has 0 aliphatic rings. The normalized spacial score (nSPS) is 13.1. The summed E-state index contributed by atoms with van der Waals surface area (Å²) in [4.78, 5) is 11.5. The fraction of sp³-hybridized carbons (Fsp3) is 0.533. The summed E-state index contributed by atoms with van der Waals surface area (Å²) in [5.41, 5.74) is 5.86. The van der Waals surface area contributed by atoms with Crippen LogP contribution >= 0.6 is 0 Å². The number of aliphatic hydroxyl groups excluding tert-OH is 1. The van der Waals surface area contributed by atoms with Crippen molar-refractivity contribution in [1.82, 2.24) is 0 Å². The van der Waals surface area contributed by atoms with Crippen LogP contribution in [0.4, 0.5) is 0 Å². The van der Waals surface area contributed by atoms with Gasteiger partial charge in [-0.15, -0.1) is 0 Å². The van der Waals surface area contributed by atoms with E-state index in [-0.39, 0.29) is 6.61 Å². The summed E-state index contributed by atoms with van der Waals surface area (Å²) in [6.45, 7) is 5.21. The highest BCUT2D eigenvalue weighted by atomic mass is 16.6. The number of nitrogens with two attached hydrogens (primary N) is 1. The summed E-state index contributed by atoms with van der Waals surface area (Å²) in [5.74, 6) is 0.0970. The molecule has 0 aromatic heterocycles. The Labute approximate surface area is 124 Å². The van der Waals surface area contributed by atoms with E-state index in [0.717, 1.165) is 5.56 Å². The SMILES string of the molecule is CC(C)(C)OC(=O)COc1ccc(C[C@H](N)C(O)O)cc1. The van der Waals surface area contributed by atoms with Crippen molar-refractivity contribution in [3.8, 4) is 5.75 Å². The van der Waals surface area contributed by atoms with Gasteiger partial charge in [0.15, 0.2) is 12.9 Å². The number of ether oxygens (including phenoxy) is 2. The van der Waals surface area contributed by atoms with E-state index >= 15 is 0 Å². The van der Waals surface area contributed by atoms with Crippen LogP contribution in [0, 0.1) is 0 Å². The van der Waals surface area contributed by atoms with E-state index in [2.05, 4.69) is 0 Å². The first kappa shape index (κ1) is 17.4. The average Bonchev–Trinajstić information content (AvgIpc) is 2.35. The smallest absolute Gasteiger partial charge is 0.344 e. The molecule has 1 aromatic carbocycles. The maximum Gasteiger partial charge on any atom is 0.344 e. The van der Waals surface area contributed by atoms with Crippen LogP contribution in [0.3, 0.4) is 0 Å². The highest BCUT2D eigenvalue weighted by Crippen LogP contribution is 2.14. The first-order valence-electron chi connectivity index (χ1n) is 6.72. The summed E-state index contributed by atoms with van der Waals surface area (Å²) < 4.78 is 10.4. The van der Waals surface area contributed by atoms with Gasteiger partial charge in [-0.3, -0.25) is 0 Å². The quantitative estimate of drug-likeness (QED) is 0.524. The van der Waals surface area contributed by atoms with E-state index < -0.39 is 23.9 Å².